The third-order valence-corrected chi connectivity index (χ3v) is 3.96. The van der Waals surface area contributed by atoms with Crippen molar-refractivity contribution in [3.63, 3.8) is 0 Å². The Hall–Kier alpha value is -2.34. The first-order valence-electron chi connectivity index (χ1n) is 7.24. The van der Waals surface area contributed by atoms with Gasteiger partial charge in [0.1, 0.15) is 5.69 Å². The van der Waals surface area contributed by atoms with Crippen LogP contribution in [0.3, 0.4) is 0 Å². The highest BCUT2D eigenvalue weighted by Gasteiger charge is 2.37. The second-order valence-corrected chi connectivity index (χ2v) is 5.38. The van der Waals surface area contributed by atoms with Crippen LogP contribution in [0.2, 0.25) is 0 Å². The van der Waals surface area contributed by atoms with Crippen LogP contribution in [0.1, 0.15) is 22.1 Å². The number of likely N-dealkylation sites (tertiary alicyclic amines) is 1. The maximum atomic E-state index is 12.5. The van der Waals surface area contributed by atoms with Crippen molar-refractivity contribution in [2.24, 2.45) is 5.92 Å². The number of amides is 1. The minimum atomic E-state index is -0.0902. The van der Waals surface area contributed by atoms with E-state index in [1.165, 1.54) is 12.4 Å². The monoisotopic (exact) mass is 298 g/mol. The van der Waals surface area contributed by atoms with Gasteiger partial charge in [-0.05, 0) is 12.1 Å². The van der Waals surface area contributed by atoms with Gasteiger partial charge in [0.15, 0.2) is 0 Å². The van der Waals surface area contributed by atoms with Crippen molar-refractivity contribution in [2.75, 3.05) is 26.8 Å². The van der Waals surface area contributed by atoms with Crippen LogP contribution in [0, 0.1) is 5.92 Å². The highest BCUT2D eigenvalue weighted by Crippen LogP contribution is 2.32. The zero-order chi connectivity index (χ0) is 15.4. The molecule has 1 fully saturated rings. The average molecular weight is 298 g/mol. The fourth-order valence-electron chi connectivity index (χ4n) is 2.92. The molecule has 0 spiro atoms. The lowest BCUT2D eigenvalue weighted by Crippen LogP contribution is -2.30. The minimum absolute atomic E-state index is 0.0902. The molecule has 1 aliphatic heterocycles. The topological polar surface area (TPSA) is 68.2 Å². The highest BCUT2D eigenvalue weighted by atomic mass is 16.5. The maximum absolute atomic E-state index is 12.5. The number of ether oxygens (including phenoxy) is 1. The number of aromatic nitrogens is 3. The van der Waals surface area contributed by atoms with Gasteiger partial charge >= 0.3 is 0 Å². The average Bonchev–Trinajstić information content (AvgIpc) is 3.00. The van der Waals surface area contributed by atoms with Crippen LogP contribution in [0.15, 0.2) is 43.0 Å². The molecule has 114 valence electrons. The van der Waals surface area contributed by atoms with Gasteiger partial charge < -0.3 is 9.64 Å². The fraction of sp³-hybridized carbons (Fsp3) is 0.375. The zero-order valence-electron chi connectivity index (χ0n) is 12.4. The molecule has 6 heteroatoms. The smallest absolute Gasteiger partial charge is 0.274 e. The molecule has 3 heterocycles. The van der Waals surface area contributed by atoms with E-state index < -0.39 is 0 Å². The lowest BCUT2D eigenvalue weighted by Gasteiger charge is -2.16. The van der Waals surface area contributed by atoms with Crippen molar-refractivity contribution in [3.8, 4) is 0 Å². The summed E-state index contributed by atoms with van der Waals surface area (Å²) in [7, 11) is 1.68. The van der Waals surface area contributed by atoms with Gasteiger partial charge in [-0.2, -0.15) is 0 Å². The van der Waals surface area contributed by atoms with Crippen molar-refractivity contribution in [1.29, 1.82) is 0 Å². The standard InChI is InChI=1S/C16H18N4O2/c1-22-11-12-9-20(16(21)15-8-17-6-7-19-15)10-13(12)14-4-2-3-5-18-14/h2-8,12-13H,9-11H2,1H3/t12-,13+/m0/s1. The summed E-state index contributed by atoms with van der Waals surface area (Å²) in [5.74, 6) is 0.329. The van der Waals surface area contributed by atoms with Crippen LogP contribution in [0.5, 0.6) is 0 Å². The van der Waals surface area contributed by atoms with Crippen LogP contribution in [0.25, 0.3) is 0 Å². The third kappa shape index (κ3) is 2.96. The van der Waals surface area contributed by atoms with Crippen molar-refractivity contribution < 1.29 is 9.53 Å². The van der Waals surface area contributed by atoms with Gasteiger partial charge in [0.2, 0.25) is 0 Å². The molecule has 2 aromatic heterocycles. The molecule has 0 unspecified atom stereocenters. The van der Waals surface area contributed by atoms with Crippen molar-refractivity contribution in [1.82, 2.24) is 19.9 Å². The lowest BCUT2D eigenvalue weighted by molar-refractivity contribution is 0.0769. The Morgan fingerprint density at radius 1 is 1.27 bits per heavy atom. The summed E-state index contributed by atoms with van der Waals surface area (Å²) in [5, 5.41) is 0. The number of rotatable bonds is 4. The first-order valence-corrected chi connectivity index (χ1v) is 7.24. The van der Waals surface area contributed by atoms with Gasteiger partial charge in [0.05, 0.1) is 12.8 Å². The molecule has 0 bridgehead atoms. The third-order valence-electron chi connectivity index (χ3n) is 3.96. The van der Waals surface area contributed by atoms with Gasteiger partial charge in [-0.15, -0.1) is 0 Å². The van der Waals surface area contributed by atoms with Crippen LogP contribution < -0.4 is 0 Å². The SMILES string of the molecule is COC[C@@H]1CN(C(=O)c2cnccn2)C[C@H]1c1ccccn1. The van der Waals surface area contributed by atoms with E-state index in [1.807, 2.05) is 23.1 Å². The van der Waals surface area contributed by atoms with E-state index >= 15 is 0 Å². The molecule has 0 aliphatic carbocycles. The van der Waals surface area contributed by atoms with E-state index in [0.717, 1.165) is 5.69 Å². The van der Waals surface area contributed by atoms with E-state index in [4.69, 9.17) is 4.74 Å². The molecule has 0 saturated carbocycles. The molecule has 0 N–H and O–H groups in total. The predicted octanol–water partition coefficient (Wildman–Crippen LogP) is 1.37. The summed E-state index contributed by atoms with van der Waals surface area (Å²) in [4.78, 5) is 26.8. The Kier molecular flexibility index (Phi) is 4.39. The first kappa shape index (κ1) is 14.6. The molecule has 0 radical (unpaired) electrons. The second kappa shape index (κ2) is 6.62. The molecule has 22 heavy (non-hydrogen) atoms. The van der Waals surface area contributed by atoms with Crippen molar-refractivity contribution in [3.05, 3.63) is 54.4 Å². The summed E-state index contributed by atoms with van der Waals surface area (Å²) in [6, 6.07) is 5.87. The van der Waals surface area contributed by atoms with E-state index in [9.17, 15) is 4.79 Å². The van der Waals surface area contributed by atoms with Gasteiger partial charge in [-0.3, -0.25) is 14.8 Å². The second-order valence-electron chi connectivity index (χ2n) is 5.38. The number of hydrogen-bond donors (Lipinski definition) is 0. The molecular formula is C16H18N4O2. The molecule has 2 atom stereocenters. The van der Waals surface area contributed by atoms with Crippen LogP contribution in [-0.4, -0.2) is 52.6 Å². The molecule has 6 nitrogen and oxygen atoms in total. The Labute approximate surface area is 129 Å². The van der Waals surface area contributed by atoms with Crippen molar-refractivity contribution >= 4 is 5.91 Å². The Morgan fingerprint density at radius 3 is 2.86 bits per heavy atom. The summed E-state index contributed by atoms with van der Waals surface area (Å²) in [6.45, 7) is 1.87. The number of methoxy groups -OCH3 is 1. The Morgan fingerprint density at radius 2 is 2.18 bits per heavy atom. The zero-order valence-corrected chi connectivity index (χ0v) is 12.4. The highest BCUT2D eigenvalue weighted by molar-refractivity contribution is 5.92. The molecule has 0 aromatic carbocycles. The first-order chi connectivity index (χ1) is 10.8. The maximum Gasteiger partial charge on any atom is 0.274 e. The number of carbonyl (C=O) groups excluding carboxylic acids is 1. The summed E-state index contributed by atoms with van der Waals surface area (Å²) in [5.41, 5.74) is 1.37. The quantitative estimate of drug-likeness (QED) is 0.853. The number of nitrogens with zero attached hydrogens (tertiary/aromatic N) is 4. The molecule has 1 saturated heterocycles. The molecular weight excluding hydrogens is 280 g/mol. The summed E-state index contributed by atoms with van der Waals surface area (Å²) >= 11 is 0. The summed E-state index contributed by atoms with van der Waals surface area (Å²) in [6.07, 6.45) is 6.38. The Bertz CT molecular complexity index is 621. The Balaban J connectivity index is 1.80. The molecule has 2 aromatic rings. The van der Waals surface area contributed by atoms with Crippen LogP contribution in [0.4, 0.5) is 0 Å². The molecule has 3 rings (SSSR count). The minimum Gasteiger partial charge on any atom is -0.384 e. The van der Waals surface area contributed by atoms with Gasteiger partial charge in [0, 0.05) is 56.3 Å². The van der Waals surface area contributed by atoms with E-state index in [0.29, 0.717) is 25.4 Å². The summed E-state index contributed by atoms with van der Waals surface area (Å²) < 4.78 is 5.32. The number of hydrogen-bond acceptors (Lipinski definition) is 5. The van der Waals surface area contributed by atoms with Crippen molar-refractivity contribution in [2.45, 2.75) is 5.92 Å². The van der Waals surface area contributed by atoms with Gasteiger partial charge in [-0.25, -0.2) is 4.98 Å². The van der Waals surface area contributed by atoms with Crippen LogP contribution in [-0.2, 0) is 4.74 Å². The molecule has 1 aliphatic rings. The van der Waals surface area contributed by atoms with E-state index in [1.54, 1.807) is 19.5 Å². The lowest BCUT2D eigenvalue weighted by atomic mass is 9.93. The van der Waals surface area contributed by atoms with Gasteiger partial charge in [-0.1, -0.05) is 6.07 Å². The fourth-order valence-corrected chi connectivity index (χ4v) is 2.92. The van der Waals surface area contributed by atoms with Crippen LogP contribution >= 0.6 is 0 Å². The number of carbonyl (C=O) groups is 1. The largest absolute Gasteiger partial charge is 0.384 e. The van der Waals surface area contributed by atoms with E-state index in [-0.39, 0.29) is 17.7 Å². The van der Waals surface area contributed by atoms with E-state index in [2.05, 4.69) is 15.0 Å². The van der Waals surface area contributed by atoms with Gasteiger partial charge in [0.25, 0.3) is 5.91 Å². The molecule has 1 amide bonds. The normalized spacial score (nSPS) is 21.0. The number of pyridine rings is 1. The predicted molar refractivity (Wildman–Crippen MR) is 80.3 cm³/mol.